The Bertz CT molecular complexity index is 1570. The summed E-state index contributed by atoms with van der Waals surface area (Å²) in [6.07, 6.45) is 5.22. The van der Waals surface area contributed by atoms with Gasteiger partial charge in [-0.25, -0.2) is 19.0 Å². The number of amides is 3. The third-order valence-corrected chi connectivity index (χ3v) is 8.38. The zero-order valence-corrected chi connectivity index (χ0v) is 28.7. The van der Waals surface area contributed by atoms with Crippen molar-refractivity contribution in [3.63, 3.8) is 0 Å². The van der Waals surface area contributed by atoms with Crippen LogP contribution in [0, 0.1) is 11.8 Å². The molecule has 14 heteroatoms. The molecule has 1 saturated heterocycles. The number of aliphatic hydroxyl groups excluding tert-OH is 1. The van der Waals surface area contributed by atoms with Crippen LogP contribution < -0.4 is 15.4 Å². The number of nitrogens with zero attached hydrogens (tertiary/aromatic N) is 2. The van der Waals surface area contributed by atoms with Gasteiger partial charge in [0.05, 0.1) is 26.2 Å². The number of cyclic esters (lactones) is 1. The summed E-state index contributed by atoms with van der Waals surface area (Å²) in [5, 5.41) is 15.7. The van der Waals surface area contributed by atoms with Crippen molar-refractivity contribution >= 4 is 29.6 Å². The van der Waals surface area contributed by atoms with Crippen LogP contribution >= 0.6 is 0 Å². The van der Waals surface area contributed by atoms with Gasteiger partial charge in [-0.3, -0.25) is 14.9 Å². The number of alkyl halides is 1. The molecule has 50 heavy (non-hydrogen) atoms. The molecule has 6 unspecified atom stereocenters. The number of benzene rings is 1. The number of aliphatic hydroxyl groups is 1. The maximum atomic E-state index is 14.8. The van der Waals surface area contributed by atoms with Crippen LogP contribution in [-0.4, -0.2) is 90.1 Å². The molecule has 3 N–H and O–H groups in total. The topological polar surface area (TPSA) is 170 Å². The molecule has 13 nitrogen and oxygen atoms in total. The minimum absolute atomic E-state index is 0.00775. The van der Waals surface area contributed by atoms with Crippen molar-refractivity contribution in [3.8, 4) is 5.75 Å². The van der Waals surface area contributed by atoms with E-state index >= 15 is 0 Å². The monoisotopic (exact) mass is 696 g/mol. The molecule has 4 rings (SSSR count). The Morgan fingerprint density at radius 3 is 2.72 bits per heavy atom. The number of oxazole rings is 1. The standard InChI is InChI=1S/C36H45FN4O9/c1-22-7-5-15-38-31(43)14-9-23(2)33(24(3)20-49-36(46)39-26-10-12-28(47-4)13-11-26)50-35(45)30-8-6-16-41(30)34(44)29-21-48-32(40-29)19-25(37)18-27(42)17-22/h5,7,9-14,17,21,23-25,27,30,33,42H,6,8,15-16,18-20H2,1-4H3,(H,38,43)(H,39,46)/b7-5+,14-9+,22-17+. The summed E-state index contributed by atoms with van der Waals surface area (Å²) < 4.78 is 36.8. The van der Waals surface area contributed by atoms with Gasteiger partial charge in [0.15, 0.2) is 11.6 Å². The second-order valence-electron chi connectivity index (χ2n) is 12.5. The molecule has 270 valence electrons. The number of allylic oxidation sites excluding steroid dienone is 2. The van der Waals surface area contributed by atoms with E-state index in [1.165, 1.54) is 24.2 Å². The molecule has 3 heterocycles. The van der Waals surface area contributed by atoms with E-state index in [1.807, 2.05) is 0 Å². The number of nitrogens with one attached hydrogen (secondary N) is 2. The first kappa shape index (κ1) is 37.8. The zero-order valence-electron chi connectivity index (χ0n) is 28.7. The molecule has 2 aliphatic heterocycles. The van der Waals surface area contributed by atoms with Gasteiger partial charge >= 0.3 is 12.1 Å². The number of rotatable bonds is 5. The van der Waals surface area contributed by atoms with Gasteiger partial charge in [0.1, 0.15) is 30.3 Å². The Morgan fingerprint density at radius 1 is 1.22 bits per heavy atom. The minimum Gasteiger partial charge on any atom is -0.497 e. The molecule has 2 aromatic rings. The van der Waals surface area contributed by atoms with E-state index in [2.05, 4.69) is 15.6 Å². The highest BCUT2D eigenvalue weighted by molar-refractivity contribution is 5.95. The maximum Gasteiger partial charge on any atom is 0.411 e. The molecule has 2 aliphatic rings. The number of hydrogen-bond acceptors (Lipinski definition) is 10. The predicted octanol–water partition coefficient (Wildman–Crippen LogP) is 4.54. The van der Waals surface area contributed by atoms with Crippen LogP contribution in [0.1, 0.15) is 56.4 Å². The Balaban J connectivity index is 1.53. The van der Waals surface area contributed by atoms with Crippen molar-refractivity contribution in [1.82, 2.24) is 15.2 Å². The van der Waals surface area contributed by atoms with E-state index < -0.39 is 60.1 Å². The first-order chi connectivity index (χ1) is 23.9. The summed E-state index contributed by atoms with van der Waals surface area (Å²) in [6, 6.07) is 5.77. The van der Waals surface area contributed by atoms with Gasteiger partial charge in [0, 0.05) is 37.0 Å². The van der Waals surface area contributed by atoms with Crippen molar-refractivity contribution in [2.75, 3.05) is 32.1 Å². The van der Waals surface area contributed by atoms with Crippen LogP contribution in [0.15, 0.2) is 70.9 Å². The van der Waals surface area contributed by atoms with Crippen LogP contribution in [0.25, 0.3) is 0 Å². The van der Waals surface area contributed by atoms with Crippen molar-refractivity contribution in [3.05, 3.63) is 78.1 Å². The Morgan fingerprint density at radius 2 is 1.98 bits per heavy atom. The number of aromatic nitrogens is 1. The Kier molecular flexibility index (Phi) is 13.7. The number of esters is 1. The van der Waals surface area contributed by atoms with Crippen LogP contribution in [0.3, 0.4) is 0 Å². The Hall–Kier alpha value is -4.98. The van der Waals surface area contributed by atoms with Gasteiger partial charge in [-0.15, -0.1) is 0 Å². The Labute approximate surface area is 290 Å². The molecule has 0 saturated carbocycles. The lowest BCUT2D eigenvalue weighted by atomic mass is 9.93. The largest absolute Gasteiger partial charge is 0.497 e. The molecule has 1 aromatic heterocycles. The lowest BCUT2D eigenvalue weighted by Gasteiger charge is -2.30. The molecule has 3 amide bonds. The minimum atomic E-state index is -1.50. The summed E-state index contributed by atoms with van der Waals surface area (Å²) in [6.45, 7) is 5.59. The highest BCUT2D eigenvalue weighted by Crippen LogP contribution is 2.26. The SMILES string of the molecule is COc1ccc(NC(=O)OCC(C)C2OC(=O)C3CCCN3C(=O)c3coc(n3)CC(F)CC(O)/C=C(C)/C=C/CNC(=O)/C=C/C2C)cc1. The molecule has 0 aliphatic carbocycles. The van der Waals surface area contributed by atoms with Gasteiger partial charge in [-0.05, 0) is 50.1 Å². The third-order valence-electron chi connectivity index (χ3n) is 8.38. The second-order valence-corrected chi connectivity index (χ2v) is 12.5. The van der Waals surface area contributed by atoms with E-state index in [-0.39, 0.29) is 44.1 Å². The van der Waals surface area contributed by atoms with E-state index in [0.717, 1.165) is 6.26 Å². The van der Waals surface area contributed by atoms with Gasteiger partial charge in [0.2, 0.25) is 5.91 Å². The lowest BCUT2D eigenvalue weighted by molar-refractivity contribution is -0.159. The number of anilines is 1. The molecule has 2 bridgehead atoms. The quantitative estimate of drug-likeness (QED) is 0.378. The molecule has 1 aromatic carbocycles. The fourth-order valence-corrected chi connectivity index (χ4v) is 5.76. The number of methoxy groups -OCH3 is 1. The summed E-state index contributed by atoms with van der Waals surface area (Å²) >= 11 is 0. The van der Waals surface area contributed by atoms with Gasteiger partial charge in [-0.1, -0.05) is 43.7 Å². The van der Waals surface area contributed by atoms with E-state index in [0.29, 0.717) is 29.9 Å². The van der Waals surface area contributed by atoms with Crippen LogP contribution in [0.5, 0.6) is 5.75 Å². The average molecular weight is 697 g/mol. The zero-order chi connectivity index (χ0) is 36.2. The van der Waals surface area contributed by atoms with E-state index in [9.17, 15) is 28.7 Å². The average Bonchev–Trinajstić information content (AvgIpc) is 3.77. The number of halogens is 1. The summed E-state index contributed by atoms with van der Waals surface area (Å²) in [4.78, 5) is 57.8. The number of carbonyl (C=O) groups excluding carboxylic acids is 4. The molecule has 0 radical (unpaired) electrons. The number of ether oxygens (including phenoxy) is 3. The molecule has 1 fully saturated rings. The van der Waals surface area contributed by atoms with Gasteiger partial charge in [0.25, 0.3) is 5.91 Å². The van der Waals surface area contributed by atoms with E-state index in [1.54, 1.807) is 63.3 Å². The number of hydrogen-bond donors (Lipinski definition) is 3. The molecule has 6 atom stereocenters. The maximum absolute atomic E-state index is 14.8. The van der Waals surface area contributed by atoms with Crippen LogP contribution in [0.4, 0.5) is 14.9 Å². The first-order valence-electron chi connectivity index (χ1n) is 16.6. The lowest BCUT2D eigenvalue weighted by Crippen LogP contribution is -2.44. The molecule has 0 spiro atoms. The van der Waals surface area contributed by atoms with Gasteiger partial charge < -0.3 is 34.0 Å². The van der Waals surface area contributed by atoms with Gasteiger partial charge in [-0.2, -0.15) is 0 Å². The highest BCUT2D eigenvalue weighted by atomic mass is 19.1. The highest BCUT2D eigenvalue weighted by Gasteiger charge is 2.39. The van der Waals surface area contributed by atoms with Crippen molar-refractivity contribution in [2.45, 2.75) is 70.9 Å². The fraction of sp³-hybridized carbons (Fsp3) is 0.472. The summed E-state index contributed by atoms with van der Waals surface area (Å²) in [5.41, 5.74) is 1.09. The molecular formula is C36H45FN4O9. The number of carbonyl (C=O) groups is 4. The number of fused-ring (bicyclic) bond motifs is 3. The molecular weight excluding hydrogens is 651 g/mol. The van der Waals surface area contributed by atoms with Crippen molar-refractivity contribution in [1.29, 1.82) is 0 Å². The fourth-order valence-electron chi connectivity index (χ4n) is 5.76. The smallest absolute Gasteiger partial charge is 0.411 e. The first-order valence-corrected chi connectivity index (χ1v) is 16.6. The summed E-state index contributed by atoms with van der Waals surface area (Å²) in [7, 11) is 1.54. The normalized spacial score (nSPS) is 27.1. The second kappa shape index (κ2) is 18.1. The van der Waals surface area contributed by atoms with Crippen LogP contribution in [-0.2, 0) is 25.5 Å². The van der Waals surface area contributed by atoms with Crippen molar-refractivity contribution in [2.24, 2.45) is 11.8 Å². The van der Waals surface area contributed by atoms with Crippen molar-refractivity contribution < 1.29 is 47.3 Å². The third kappa shape index (κ3) is 11.0. The predicted molar refractivity (Wildman–Crippen MR) is 181 cm³/mol. The van der Waals surface area contributed by atoms with E-state index in [4.69, 9.17) is 18.6 Å². The summed E-state index contributed by atoms with van der Waals surface area (Å²) in [5.74, 6) is -2.03. The van der Waals surface area contributed by atoms with Crippen LogP contribution in [0.2, 0.25) is 0 Å².